The van der Waals surface area contributed by atoms with E-state index in [2.05, 4.69) is 22.1 Å². The van der Waals surface area contributed by atoms with E-state index >= 15 is 0 Å². The van der Waals surface area contributed by atoms with Crippen LogP contribution < -0.4 is 0 Å². The minimum absolute atomic E-state index is 0.732. The van der Waals surface area contributed by atoms with Crippen molar-refractivity contribution >= 4 is 0 Å². The molecule has 4 nitrogen and oxygen atoms in total. The summed E-state index contributed by atoms with van der Waals surface area (Å²) in [7, 11) is 0. The molecule has 2 aliphatic rings. The average Bonchev–Trinajstić information content (AvgIpc) is 3.26. The van der Waals surface area contributed by atoms with Crippen LogP contribution in [-0.2, 0) is 25.7 Å². The zero-order chi connectivity index (χ0) is 17.1. The lowest BCUT2D eigenvalue weighted by atomic mass is 10.1. The number of aryl methyl sites for hydroxylation is 2. The van der Waals surface area contributed by atoms with Crippen LogP contribution in [-0.4, -0.2) is 9.97 Å². The second-order valence-electron chi connectivity index (χ2n) is 6.37. The summed E-state index contributed by atoms with van der Waals surface area (Å²) < 4.78 is 0. The molecule has 2 aromatic heterocycles. The molecule has 4 rings (SSSR count). The van der Waals surface area contributed by atoms with Crippen LogP contribution in [0, 0.1) is 36.5 Å². The molecular weight excluding hydrogens is 296 g/mol. The highest BCUT2D eigenvalue weighted by atomic mass is 14.7. The van der Waals surface area contributed by atoms with Gasteiger partial charge in [0, 0.05) is 23.8 Å². The van der Waals surface area contributed by atoms with Crippen LogP contribution in [0.25, 0.3) is 0 Å². The predicted octanol–water partition coefficient (Wildman–Crippen LogP) is 3.50. The van der Waals surface area contributed by atoms with E-state index in [1.54, 1.807) is 12.4 Å². The van der Waals surface area contributed by atoms with Gasteiger partial charge in [-0.05, 0) is 74.6 Å². The number of hydrogen-bond acceptors (Lipinski definition) is 4. The van der Waals surface area contributed by atoms with Crippen LogP contribution in [0.4, 0.5) is 0 Å². The fourth-order valence-corrected chi connectivity index (χ4v) is 3.64. The Morgan fingerprint density at radius 2 is 1.42 bits per heavy atom. The maximum Gasteiger partial charge on any atom is 0.101 e. The molecule has 4 heteroatoms. The monoisotopic (exact) mass is 316 g/mol. The Bertz CT molecular complexity index is 869. The molecule has 120 valence electrons. The van der Waals surface area contributed by atoms with E-state index < -0.39 is 0 Å². The first-order chi connectivity index (χ1) is 11.7. The number of fused-ring (bicyclic) bond motifs is 2. The molecular formula is C20H20N4. The van der Waals surface area contributed by atoms with Crippen molar-refractivity contribution in [1.29, 1.82) is 10.5 Å². The molecule has 2 aliphatic carbocycles. The zero-order valence-corrected chi connectivity index (χ0v) is 14.2. The van der Waals surface area contributed by atoms with Crippen molar-refractivity contribution in [3.63, 3.8) is 0 Å². The van der Waals surface area contributed by atoms with Gasteiger partial charge in [-0.25, -0.2) is 0 Å². The molecule has 0 N–H and O–H groups in total. The molecule has 0 saturated carbocycles. The van der Waals surface area contributed by atoms with Gasteiger partial charge in [0.25, 0.3) is 0 Å². The SMILES string of the molecule is Cc1c(C#N)cnc2c1CCC2.Cc1ncc(C#N)c2c1CCC2. The van der Waals surface area contributed by atoms with Crippen LogP contribution in [0.15, 0.2) is 12.4 Å². The summed E-state index contributed by atoms with van der Waals surface area (Å²) in [5, 5.41) is 17.6. The number of nitriles is 2. The van der Waals surface area contributed by atoms with E-state index in [4.69, 9.17) is 10.5 Å². The number of hydrogen-bond donors (Lipinski definition) is 0. The van der Waals surface area contributed by atoms with Crippen LogP contribution in [0.1, 0.15) is 57.6 Å². The van der Waals surface area contributed by atoms with Crippen molar-refractivity contribution in [3.8, 4) is 12.1 Å². The van der Waals surface area contributed by atoms with Crippen LogP contribution in [0.5, 0.6) is 0 Å². The lowest BCUT2D eigenvalue weighted by molar-refractivity contribution is 0.898. The molecule has 0 fully saturated rings. The van der Waals surface area contributed by atoms with Crippen molar-refractivity contribution < 1.29 is 0 Å². The number of rotatable bonds is 0. The third-order valence-corrected chi connectivity index (χ3v) is 5.00. The topological polar surface area (TPSA) is 73.4 Å². The highest BCUT2D eigenvalue weighted by Crippen LogP contribution is 2.26. The normalized spacial score (nSPS) is 14.0. The highest BCUT2D eigenvalue weighted by molar-refractivity contribution is 5.45. The van der Waals surface area contributed by atoms with Crippen molar-refractivity contribution in [1.82, 2.24) is 9.97 Å². The Labute approximate surface area is 142 Å². The molecule has 2 heterocycles. The maximum atomic E-state index is 8.80. The third kappa shape index (κ3) is 2.88. The lowest BCUT2D eigenvalue weighted by Gasteiger charge is -2.03. The second-order valence-corrected chi connectivity index (χ2v) is 6.37. The quantitative estimate of drug-likeness (QED) is 0.745. The molecule has 0 amide bonds. The van der Waals surface area contributed by atoms with E-state index in [9.17, 15) is 0 Å². The molecule has 0 saturated heterocycles. The first-order valence-electron chi connectivity index (χ1n) is 8.40. The Morgan fingerprint density at radius 1 is 0.792 bits per heavy atom. The Balaban J connectivity index is 0.000000141. The summed E-state index contributed by atoms with van der Waals surface area (Å²) in [6.07, 6.45) is 10.1. The minimum Gasteiger partial charge on any atom is -0.260 e. The van der Waals surface area contributed by atoms with Crippen LogP contribution in [0.2, 0.25) is 0 Å². The summed E-state index contributed by atoms with van der Waals surface area (Å²) in [5.74, 6) is 0. The van der Waals surface area contributed by atoms with Crippen LogP contribution in [0.3, 0.4) is 0 Å². The van der Waals surface area contributed by atoms with E-state index in [-0.39, 0.29) is 0 Å². The summed E-state index contributed by atoms with van der Waals surface area (Å²) in [5.41, 5.74) is 8.81. The van der Waals surface area contributed by atoms with Crippen molar-refractivity contribution in [2.45, 2.75) is 52.4 Å². The van der Waals surface area contributed by atoms with Gasteiger partial charge in [0.2, 0.25) is 0 Å². The van der Waals surface area contributed by atoms with Gasteiger partial charge in [0.1, 0.15) is 12.1 Å². The van der Waals surface area contributed by atoms with Gasteiger partial charge in [-0.2, -0.15) is 10.5 Å². The lowest BCUT2D eigenvalue weighted by Crippen LogP contribution is -1.94. The Kier molecular flexibility index (Phi) is 4.58. The molecule has 2 aromatic rings. The third-order valence-electron chi connectivity index (χ3n) is 5.00. The fourth-order valence-electron chi connectivity index (χ4n) is 3.64. The second kappa shape index (κ2) is 6.81. The van der Waals surface area contributed by atoms with Gasteiger partial charge in [-0.1, -0.05) is 0 Å². The molecule has 0 bridgehead atoms. The predicted molar refractivity (Wildman–Crippen MR) is 91.4 cm³/mol. The van der Waals surface area contributed by atoms with Crippen molar-refractivity contribution in [3.05, 3.63) is 57.2 Å². The van der Waals surface area contributed by atoms with E-state index in [0.29, 0.717) is 0 Å². The fraction of sp³-hybridized carbons (Fsp3) is 0.400. The standard InChI is InChI=1S/2C10H10N2/c1-7-9-3-2-4-10(9)8(5-11)6-12-7;1-7-8(5-11)6-12-10-4-2-3-9(7)10/h2*6H,2-4H2,1H3. The van der Waals surface area contributed by atoms with Crippen molar-refractivity contribution in [2.75, 3.05) is 0 Å². The molecule has 0 atom stereocenters. The molecule has 24 heavy (non-hydrogen) atoms. The first-order valence-corrected chi connectivity index (χ1v) is 8.40. The molecule has 0 aliphatic heterocycles. The Morgan fingerprint density at radius 3 is 2.17 bits per heavy atom. The van der Waals surface area contributed by atoms with Gasteiger partial charge in [0.05, 0.1) is 11.1 Å². The summed E-state index contributed by atoms with van der Waals surface area (Å²) in [6.45, 7) is 4.04. The highest BCUT2D eigenvalue weighted by Gasteiger charge is 2.17. The minimum atomic E-state index is 0.732. The van der Waals surface area contributed by atoms with Gasteiger partial charge in [-0.15, -0.1) is 0 Å². The van der Waals surface area contributed by atoms with E-state index in [0.717, 1.165) is 48.1 Å². The van der Waals surface area contributed by atoms with Gasteiger partial charge in [0.15, 0.2) is 0 Å². The number of nitrogens with zero attached hydrogens (tertiary/aromatic N) is 4. The van der Waals surface area contributed by atoms with E-state index in [1.807, 2.05) is 13.8 Å². The van der Waals surface area contributed by atoms with Gasteiger partial charge >= 0.3 is 0 Å². The van der Waals surface area contributed by atoms with E-state index in [1.165, 1.54) is 35.2 Å². The first kappa shape index (κ1) is 16.1. The van der Waals surface area contributed by atoms with Crippen molar-refractivity contribution in [2.24, 2.45) is 0 Å². The molecule has 0 unspecified atom stereocenters. The average molecular weight is 316 g/mol. The molecule has 0 spiro atoms. The molecule has 0 radical (unpaired) electrons. The summed E-state index contributed by atoms with van der Waals surface area (Å²) in [4.78, 5) is 8.47. The number of pyridine rings is 2. The largest absolute Gasteiger partial charge is 0.260 e. The summed E-state index contributed by atoms with van der Waals surface area (Å²) >= 11 is 0. The Hall–Kier alpha value is -2.72. The van der Waals surface area contributed by atoms with Gasteiger partial charge in [-0.3, -0.25) is 9.97 Å². The van der Waals surface area contributed by atoms with Crippen LogP contribution >= 0.6 is 0 Å². The zero-order valence-electron chi connectivity index (χ0n) is 14.2. The number of aromatic nitrogens is 2. The maximum absolute atomic E-state index is 8.80. The molecule has 0 aromatic carbocycles. The van der Waals surface area contributed by atoms with Gasteiger partial charge < -0.3 is 0 Å². The summed E-state index contributed by atoms with van der Waals surface area (Å²) in [6, 6.07) is 4.35. The smallest absolute Gasteiger partial charge is 0.101 e.